The molecule has 0 atom stereocenters. The Morgan fingerprint density at radius 1 is 0.778 bits per heavy atom. The van der Waals surface area contributed by atoms with Gasteiger partial charge < -0.3 is 4.74 Å². The van der Waals surface area contributed by atoms with Crippen molar-refractivity contribution in [1.29, 1.82) is 5.26 Å². The lowest BCUT2D eigenvalue weighted by Gasteiger charge is -2.13. The van der Waals surface area contributed by atoms with Crippen molar-refractivity contribution < 1.29 is 4.74 Å². The number of unbranched alkanes of at least 4 members (excludes halogenated alkanes) is 1. The summed E-state index contributed by atoms with van der Waals surface area (Å²) >= 11 is 0. The summed E-state index contributed by atoms with van der Waals surface area (Å²) in [5, 5.41) is 9.94. The van der Waals surface area contributed by atoms with Crippen molar-refractivity contribution in [3.05, 3.63) is 102 Å². The summed E-state index contributed by atoms with van der Waals surface area (Å²) in [6.45, 7) is 2.88. The Morgan fingerprint density at radius 2 is 1.33 bits per heavy atom. The third-order valence-corrected chi connectivity index (χ3v) is 4.40. The van der Waals surface area contributed by atoms with Crippen LogP contribution in [0.1, 0.15) is 36.5 Å². The van der Waals surface area contributed by atoms with Gasteiger partial charge >= 0.3 is 0 Å². The van der Waals surface area contributed by atoms with Crippen LogP contribution in [0.4, 0.5) is 0 Å². The molecule has 2 nitrogen and oxygen atoms in total. The fraction of sp³-hybridized carbons (Fsp3) is 0.160. The molecule has 134 valence electrons. The van der Waals surface area contributed by atoms with Crippen molar-refractivity contribution in [2.45, 2.75) is 19.8 Å². The molecule has 0 aliphatic heterocycles. The van der Waals surface area contributed by atoms with E-state index in [1.54, 1.807) is 0 Å². The Hall–Kier alpha value is -3.31. The van der Waals surface area contributed by atoms with Crippen LogP contribution in [0.3, 0.4) is 0 Å². The van der Waals surface area contributed by atoms with Crippen LogP contribution >= 0.6 is 0 Å². The molecule has 0 bridgehead atoms. The van der Waals surface area contributed by atoms with Gasteiger partial charge in [-0.25, -0.2) is 0 Å². The molecule has 0 unspecified atom stereocenters. The highest BCUT2D eigenvalue weighted by molar-refractivity contribution is 6.03. The normalized spacial score (nSPS) is 11.4. The molecule has 2 heteroatoms. The summed E-state index contributed by atoms with van der Waals surface area (Å²) in [4.78, 5) is 0. The molecule has 0 aliphatic rings. The van der Waals surface area contributed by atoms with Crippen LogP contribution in [0.5, 0.6) is 5.75 Å². The second kappa shape index (κ2) is 9.40. The van der Waals surface area contributed by atoms with E-state index in [4.69, 9.17) is 4.74 Å². The molecule has 3 rings (SSSR count). The third kappa shape index (κ3) is 4.65. The SMILES string of the molecule is CCCCOc1ccc(/C(=C(\C#N)c2ccccc2)c2ccccc2)cc1. The summed E-state index contributed by atoms with van der Waals surface area (Å²) < 4.78 is 5.78. The van der Waals surface area contributed by atoms with E-state index in [1.165, 1.54) is 0 Å². The number of allylic oxidation sites excluding steroid dienone is 1. The number of nitrogens with zero attached hydrogens (tertiary/aromatic N) is 1. The van der Waals surface area contributed by atoms with E-state index in [9.17, 15) is 5.26 Å². The largest absolute Gasteiger partial charge is 0.494 e. The van der Waals surface area contributed by atoms with Crippen LogP contribution in [0.25, 0.3) is 11.1 Å². The van der Waals surface area contributed by atoms with Gasteiger partial charge in [0.05, 0.1) is 12.2 Å². The van der Waals surface area contributed by atoms with Crippen molar-refractivity contribution in [3.8, 4) is 11.8 Å². The lowest BCUT2D eigenvalue weighted by Crippen LogP contribution is -1.97. The Bertz CT molecular complexity index is 920. The first-order valence-corrected chi connectivity index (χ1v) is 9.32. The maximum Gasteiger partial charge on any atom is 0.119 e. The second-order valence-electron chi connectivity index (χ2n) is 6.32. The molecule has 0 aromatic heterocycles. The first kappa shape index (κ1) is 18.5. The number of hydrogen-bond acceptors (Lipinski definition) is 2. The standard InChI is InChI=1S/C25H23NO/c1-2-3-18-27-23-16-14-22(15-17-23)25(21-12-8-5-9-13-21)24(19-26)20-10-6-4-7-11-20/h4-17H,2-3,18H2,1H3/b25-24+. The predicted octanol–water partition coefficient (Wildman–Crippen LogP) is 6.35. The van der Waals surface area contributed by atoms with Gasteiger partial charge in [-0.1, -0.05) is 86.1 Å². The predicted molar refractivity (Wildman–Crippen MR) is 111 cm³/mol. The fourth-order valence-electron chi connectivity index (χ4n) is 2.98. The second-order valence-corrected chi connectivity index (χ2v) is 6.32. The van der Waals surface area contributed by atoms with E-state index < -0.39 is 0 Å². The van der Waals surface area contributed by atoms with Gasteiger partial charge in [0.25, 0.3) is 0 Å². The average molecular weight is 353 g/mol. The number of benzene rings is 3. The van der Waals surface area contributed by atoms with Crippen LogP contribution < -0.4 is 4.74 Å². The molecule has 0 heterocycles. The molecule has 27 heavy (non-hydrogen) atoms. The third-order valence-electron chi connectivity index (χ3n) is 4.40. The lowest BCUT2D eigenvalue weighted by atomic mass is 9.90. The highest BCUT2D eigenvalue weighted by atomic mass is 16.5. The molecule has 0 saturated heterocycles. The fourth-order valence-corrected chi connectivity index (χ4v) is 2.98. The van der Waals surface area contributed by atoms with Gasteiger partial charge in [0.15, 0.2) is 0 Å². The summed E-state index contributed by atoms with van der Waals surface area (Å²) in [5.74, 6) is 0.859. The van der Waals surface area contributed by atoms with Crippen LogP contribution in [-0.2, 0) is 0 Å². The first-order chi connectivity index (χ1) is 13.3. The first-order valence-electron chi connectivity index (χ1n) is 9.32. The maximum atomic E-state index is 9.94. The van der Waals surface area contributed by atoms with Crippen LogP contribution in [-0.4, -0.2) is 6.61 Å². The summed E-state index contributed by atoms with van der Waals surface area (Å²) in [6.07, 6.45) is 2.16. The van der Waals surface area contributed by atoms with Gasteiger partial charge in [0.2, 0.25) is 0 Å². The zero-order valence-corrected chi connectivity index (χ0v) is 15.6. The van der Waals surface area contributed by atoms with Crippen LogP contribution in [0, 0.1) is 11.3 Å². The van der Waals surface area contributed by atoms with Gasteiger partial charge in [-0.15, -0.1) is 0 Å². The molecule has 0 saturated carbocycles. The molecule has 0 aliphatic carbocycles. The van der Waals surface area contributed by atoms with E-state index in [2.05, 4.69) is 13.0 Å². The van der Waals surface area contributed by atoms with E-state index in [0.717, 1.165) is 47.5 Å². The molecule has 3 aromatic rings. The molecular weight excluding hydrogens is 330 g/mol. The average Bonchev–Trinajstić information content (AvgIpc) is 2.74. The summed E-state index contributed by atoms with van der Waals surface area (Å²) in [5.41, 5.74) is 4.55. The minimum absolute atomic E-state index is 0.668. The van der Waals surface area contributed by atoms with Crippen molar-refractivity contribution in [2.75, 3.05) is 6.61 Å². The van der Waals surface area contributed by atoms with E-state index >= 15 is 0 Å². The minimum atomic E-state index is 0.668. The number of hydrogen-bond donors (Lipinski definition) is 0. The van der Waals surface area contributed by atoms with Gasteiger partial charge in [-0.3, -0.25) is 0 Å². The highest BCUT2D eigenvalue weighted by Crippen LogP contribution is 2.32. The van der Waals surface area contributed by atoms with E-state index in [1.807, 2.05) is 84.9 Å². The Morgan fingerprint density at radius 3 is 1.89 bits per heavy atom. The Kier molecular flexibility index (Phi) is 6.44. The van der Waals surface area contributed by atoms with Gasteiger partial charge in [0.1, 0.15) is 11.8 Å². The lowest BCUT2D eigenvalue weighted by molar-refractivity contribution is 0.309. The van der Waals surface area contributed by atoms with Crippen molar-refractivity contribution in [1.82, 2.24) is 0 Å². The zero-order chi connectivity index (χ0) is 18.9. The molecule has 0 amide bonds. The molecule has 0 fully saturated rings. The summed E-state index contributed by atoms with van der Waals surface area (Å²) in [7, 11) is 0. The molecule has 0 N–H and O–H groups in total. The van der Waals surface area contributed by atoms with E-state index in [0.29, 0.717) is 5.57 Å². The Balaban J connectivity index is 2.06. The topological polar surface area (TPSA) is 33.0 Å². The van der Waals surface area contributed by atoms with Crippen molar-refractivity contribution in [2.24, 2.45) is 0 Å². The van der Waals surface area contributed by atoms with Gasteiger partial charge in [-0.05, 0) is 35.2 Å². The van der Waals surface area contributed by atoms with E-state index in [-0.39, 0.29) is 0 Å². The quantitative estimate of drug-likeness (QED) is 0.282. The molecular formula is C25H23NO. The van der Waals surface area contributed by atoms with Crippen molar-refractivity contribution in [3.63, 3.8) is 0 Å². The minimum Gasteiger partial charge on any atom is -0.494 e. The van der Waals surface area contributed by atoms with Crippen LogP contribution in [0.15, 0.2) is 84.9 Å². The zero-order valence-electron chi connectivity index (χ0n) is 15.6. The van der Waals surface area contributed by atoms with Gasteiger partial charge in [-0.2, -0.15) is 5.26 Å². The highest BCUT2D eigenvalue weighted by Gasteiger charge is 2.14. The Labute approximate surface area is 161 Å². The molecule has 0 radical (unpaired) electrons. The molecule has 3 aromatic carbocycles. The van der Waals surface area contributed by atoms with Gasteiger partial charge in [0, 0.05) is 5.57 Å². The summed E-state index contributed by atoms with van der Waals surface area (Å²) in [6, 6.07) is 30.3. The smallest absolute Gasteiger partial charge is 0.119 e. The maximum absolute atomic E-state index is 9.94. The van der Waals surface area contributed by atoms with Crippen molar-refractivity contribution >= 4 is 11.1 Å². The molecule has 0 spiro atoms. The number of nitriles is 1. The number of ether oxygens (including phenoxy) is 1. The monoisotopic (exact) mass is 353 g/mol. The van der Waals surface area contributed by atoms with Crippen LogP contribution in [0.2, 0.25) is 0 Å². The number of rotatable bonds is 7.